The van der Waals surface area contributed by atoms with Crippen LogP contribution in [0.4, 0.5) is 0 Å². The summed E-state index contributed by atoms with van der Waals surface area (Å²) in [4.78, 5) is 24.1. The van der Waals surface area contributed by atoms with Gasteiger partial charge < -0.3 is 4.90 Å². The molecule has 3 atom stereocenters. The SMILES string of the molecule is CCN(CC)C(=O)c1ccc([C@H](c2ccccc2)N2C[C@@H](C)N(Cc3ccncc3)C[C@@H]2C)cc1. The summed E-state index contributed by atoms with van der Waals surface area (Å²) >= 11 is 0. The molecule has 0 bridgehead atoms. The summed E-state index contributed by atoms with van der Waals surface area (Å²) in [5.74, 6) is 0.101. The summed E-state index contributed by atoms with van der Waals surface area (Å²) in [6.45, 7) is 13.1. The number of rotatable bonds is 8. The van der Waals surface area contributed by atoms with Crippen molar-refractivity contribution < 1.29 is 4.79 Å². The van der Waals surface area contributed by atoms with Crippen LogP contribution in [0.2, 0.25) is 0 Å². The zero-order valence-corrected chi connectivity index (χ0v) is 21.5. The molecule has 0 N–H and O–H groups in total. The molecule has 0 saturated carbocycles. The first-order valence-corrected chi connectivity index (χ1v) is 12.8. The highest BCUT2D eigenvalue weighted by Crippen LogP contribution is 2.33. The second-order valence-electron chi connectivity index (χ2n) is 9.59. The Kier molecular flexibility index (Phi) is 8.32. The van der Waals surface area contributed by atoms with Gasteiger partial charge in [0.2, 0.25) is 0 Å². The number of carbonyl (C=O) groups is 1. The Bertz CT molecular complexity index is 1070. The van der Waals surface area contributed by atoms with Crippen molar-refractivity contribution in [3.8, 4) is 0 Å². The predicted octanol–water partition coefficient (Wildman–Crippen LogP) is 5.25. The molecule has 1 saturated heterocycles. The molecule has 35 heavy (non-hydrogen) atoms. The number of piperazine rings is 1. The van der Waals surface area contributed by atoms with E-state index in [9.17, 15) is 4.79 Å². The maximum Gasteiger partial charge on any atom is 0.253 e. The molecular weight excluding hydrogens is 432 g/mol. The van der Waals surface area contributed by atoms with Gasteiger partial charge in [-0.05, 0) is 68.7 Å². The number of nitrogens with zero attached hydrogens (tertiary/aromatic N) is 4. The molecule has 0 radical (unpaired) electrons. The zero-order chi connectivity index (χ0) is 24.8. The molecule has 5 heteroatoms. The first-order valence-electron chi connectivity index (χ1n) is 12.8. The normalized spacial score (nSPS) is 19.9. The maximum atomic E-state index is 12.8. The molecule has 5 nitrogen and oxygen atoms in total. The van der Waals surface area contributed by atoms with Crippen LogP contribution >= 0.6 is 0 Å². The Balaban J connectivity index is 1.59. The minimum absolute atomic E-state index is 0.101. The fourth-order valence-corrected chi connectivity index (χ4v) is 5.24. The van der Waals surface area contributed by atoms with Crippen LogP contribution in [-0.2, 0) is 6.54 Å². The summed E-state index contributed by atoms with van der Waals surface area (Å²) in [7, 11) is 0. The van der Waals surface area contributed by atoms with E-state index in [0.29, 0.717) is 12.1 Å². The highest BCUT2D eigenvalue weighted by Gasteiger charge is 2.34. The van der Waals surface area contributed by atoms with Gasteiger partial charge in [0.15, 0.2) is 0 Å². The van der Waals surface area contributed by atoms with Gasteiger partial charge in [0.25, 0.3) is 5.91 Å². The molecule has 2 aromatic carbocycles. The topological polar surface area (TPSA) is 39.7 Å². The lowest BCUT2D eigenvalue weighted by Crippen LogP contribution is -2.56. The van der Waals surface area contributed by atoms with Crippen molar-refractivity contribution >= 4 is 5.91 Å². The molecule has 1 aromatic heterocycles. The molecule has 3 aromatic rings. The quantitative estimate of drug-likeness (QED) is 0.451. The number of aromatic nitrogens is 1. The first kappa shape index (κ1) is 25.1. The Morgan fingerprint density at radius 3 is 2.14 bits per heavy atom. The van der Waals surface area contributed by atoms with Crippen molar-refractivity contribution in [1.29, 1.82) is 0 Å². The van der Waals surface area contributed by atoms with Gasteiger partial charge in [-0.1, -0.05) is 42.5 Å². The minimum Gasteiger partial charge on any atom is -0.339 e. The molecule has 184 valence electrons. The van der Waals surface area contributed by atoms with Crippen molar-refractivity contribution in [2.75, 3.05) is 26.2 Å². The molecule has 0 aliphatic carbocycles. The largest absolute Gasteiger partial charge is 0.339 e. The van der Waals surface area contributed by atoms with E-state index in [-0.39, 0.29) is 11.9 Å². The van der Waals surface area contributed by atoms with Gasteiger partial charge in [-0.25, -0.2) is 0 Å². The van der Waals surface area contributed by atoms with Gasteiger partial charge in [0.05, 0.1) is 6.04 Å². The van der Waals surface area contributed by atoms with E-state index < -0.39 is 0 Å². The van der Waals surface area contributed by atoms with Crippen LogP contribution in [0.25, 0.3) is 0 Å². The maximum absolute atomic E-state index is 12.8. The molecule has 0 unspecified atom stereocenters. The first-order chi connectivity index (χ1) is 17.0. The molecule has 1 amide bonds. The molecule has 0 spiro atoms. The van der Waals surface area contributed by atoms with E-state index in [1.807, 2.05) is 43.3 Å². The number of amides is 1. The zero-order valence-electron chi connectivity index (χ0n) is 21.5. The van der Waals surface area contributed by atoms with Crippen molar-refractivity contribution in [2.24, 2.45) is 0 Å². The summed E-state index contributed by atoms with van der Waals surface area (Å²) in [6.07, 6.45) is 3.75. The highest BCUT2D eigenvalue weighted by atomic mass is 16.2. The lowest BCUT2D eigenvalue weighted by atomic mass is 9.93. The fourth-order valence-electron chi connectivity index (χ4n) is 5.24. The van der Waals surface area contributed by atoms with E-state index in [4.69, 9.17) is 0 Å². The predicted molar refractivity (Wildman–Crippen MR) is 142 cm³/mol. The Hall–Kier alpha value is -3.02. The molecule has 4 rings (SSSR count). The highest BCUT2D eigenvalue weighted by molar-refractivity contribution is 5.94. The van der Waals surface area contributed by atoms with Crippen LogP contribution in [0.15, 0.2) is 79.1 Å². The Labute approximate surface area is 210 Å². The standard InChI is InChI=1S/C30H38N4O/c1-5-32(6-2)30(35)28-14-12-27(13-15-28)29(26-10-8-7-9-11-26)34-21-23(3)33(20-24(34)4)22-25-16-18-31-19-17-25/h7-19,23-24,29H,5-6,20-22H2,1-4H3/t23-,24+,29+/m1/s1. The molecule has 2 heterocycles. The third kappa shape index (κ3) is 5.80. The van der Waals surface area contributed by atoms with Crippen molar-refractivity contribution in [1.82, 2.24) is 19.7 Å². The number of benzene rings is 2. The van der Waals surface area contributed by atoms with Crippen LogP contribution in [0.5, 0.6) is 0 Å². The van der Waals surface area contributed by atoms with E-state index >= 15 is 0 Å². The second kappa shape index (κ2) is 11.6. The Morgan fingerprint density at radius 2 is 1.51 bits per heavy atom. The van der Waals surface area contributed by atoms with E-state index in [0.717, 1.165) is 38.3 Å². The average molecular weight is 471 g/mol. The molecule has 1 aliphatic heterocycles. The Morgan fingerprint density at radius 1 is 0.886 bits per heavy atom. The lowest BCUT2D eigenvalue weighted by Gasteiger charge is -2.47. The fraction of sp³-hybridized carbons (Fsp3) is 0.400. The van der Waals surface area contributed by atoms with Gasteiger partial charge in [-0.3, -0.25) is 19.6 Å². The molecular formula is C30H38N4O. The summed E-state index contributed by atoms with van der Waals surface area (Å²) in [6, 6.07) is 24.2. The lowest BCUT2D eigenvalue weighted by molar-refractivity contribution is 0.0195. The van der Waals surface area contributed by atoms with Gasteiger partial charge >= 0.3 is 0 Å². The third-order valence-corrected chi connectivity index (χ3v) is 7.27. The number of hydrogen-bond acceptors (Lipinski definition) is 4. The van der Waals surface area contributed by atoms with Crippen LogP contribution in [0.3, 0.4) is 0 Å². The average Bonchev–Trinajstić information content (AvgIpc) is 2.89. The van der Waals surface area contributed by atoms with Crippen LogP contribution < -0.4 is 0 Å². The van der Waals surface area contributed by atoms with E-state index in [1.165, 1.54) is 16.7 Å². The molecule has 1 fully saturated rings. The molecule has 1 aliphatic rings. The number of pyridine rings is 1. The van der Waals surface area contributed by atoms with Gasteiger partial charge in [0, 0.05) is 62.8 Å². The number of hydrogen-bond donors (Lipinski definition) is 0. The van der Waals surface area contributed by atoms with Gasteiger partial charge in [0.1, 0.15) is 0 Å². The number of carbonyl (C=O) groups excluding carboxylic acids is 1. The van der Waals surface area contributed by atoms with Crippen LogP contribution in [-0.4, -0.2) is 63.9 Å². The van der Waals surface area contributed by atoms with Gasteiger partial charge in [-0.15, -0.1) is 0 Å². The van der Waals surface area contributed by atoms with E-state index in [1.54, 1.807) is 0 Å². The van der Waals surface area contributed by atoms with Gasteiger partial charge in [-0.2, -0.15) is 0 Å². The summed E-state index contributed by atoms with van der Waals surface area (Å²) in [5.41, 5.74) is 4.58. The minimum atomic E-state index is 0.101. The summed E-state index contributed by atoms with van der Waals surface area (Å²) < 4.78 is 0. The summed E-state index contributed by atoms with van der Waals surface area (Å²) in [5, 5.41) is 0. The van der Waals surface area contributed by atoms with Crippen molar-refractivity contribution in [2.45, 2.75) is 52.4 Å². The van der Waals surface area contributed by atoms with Crippen molar-refractivity contribution in [3.05, 3.63) is 101 Å². The van der Waals surface area contributed by atoms with Crippen molar-refractivity contribution in [3.63, 3.8) is 0 Å². The van der Waals surface area contributed by atoms with E-state index in [2.05, 4.69) is 83.2 Å². The van der Waals surface area contributed by atoms with Crippen LogP contribution in [0, 0.1) is 0 Å². The third-order valence-electron chi connectivity index (χ3n) is 7.27. The smallest absolute Gasteiger partial charge is 0.253 e. The monoisotopic (exact) mass is 470 g/mol. The second-order valence-corrected chi connectivity index (χ2v) is 9.59. The van der Waals surface area contributed by atoms with Crippen LogP contribution in [0.1, 0.15) is 60.8 Å².